The van der Waals surface area contributed by atoms with E-state index >= 15 is 0 Å². The van der Waals surface area contributed by atoms with Gasteiger partial charge in [0, 0.05) is 6.54 Å². The predicted molar refractivity (Wildman–Crippen MR) is 120 cm³/mol. The zero-order valence-corrected chi connectivity index (χ0v) is 17.8. The van der Waals surface area contributed by atoms with Gasteiger partial charge in [-0.05, 0) is 38.0 Å². The minimum atomic E-state index is -0.623. The van der Waals surface area contributed by atoms with Crippen molar-refractivity contribution in [2.24, 2.45) is 16.5 Å². The second-order valence-electron chi connectivity index (χ2n) is 6.88. The van der Waals surface area contributed by atoms with Crippen LogP contribution in [0.15, 0.2) is 48.0 Å². The van der Waals surface area contributed by atoms with Crippen LogP contribution >= 0.6 is 11.3 Å². The third-order valence-electron chi connectivity index (χ3n) is 4.75. The van der Waals surface area contributed by atoms with Crippen LogP contribution < -0.4 is 16.8 Å². The number of rotatable bonds is 6. The monoisotopic (exact) mass is 442 g/mol. The van der Waals surface area contributed by atoms with Crippen LogP contribution in [0.3, 0.4) is 0 Å². The van der Waals surface area contributed by atoms with E-state index < -0.39 is 23.8 Å². The van der Waals surface area contributed by atoms with E-state index in [2.05, 4.69) is 21.9 Å². The molecule has 5 N–H and O–H groups in total. The lowest BCUT2D eigenvalue weighted by Crippen LogP contribution is -2.45. The summed E-state index contributed by atoms with van der Waals surface area (Å²) in [7, 11) is 0. The van der Waals surface area contributed by atoms with Gasteiger partial charge in [0.2, 0.25) is 5.91 Å². The van der Waals surface area contributed by atoms with E-state index in [0.717, 1.165) is 0 Å². The first-order valence-electron chi connectivity index (χ1n) is 9.58. The lowest BCUT2D eigenvalue weighted by atomic mass is 10.2. The van der Waals surface area contributed by atoms with Crippen LogP contribution in [-0.4, -0.2) is 40.2 Å². The summed E-state index contributed by atoms with van der Waals surface area (Å²) in [4.78, 5) is 34.9. The SMILES string of the molecule is C=C/C=C(\N=C(N)c1ccccc1F)c1sc(NC(=O)N2CCC[C@H]2C(N)=O)nc1C. The lowest BCUT2D eigenvalue weighted by Gasteiger charge is -2.21. The molecule has 0 unspecified atom stereocenters. The molecule has 1 atom stereocenters. The van der Waals surface area contributed by atoms with Gasteiger partial charge in [0.25, 0.3) is 0 Å². The molecule has 1 aromatic heterocycles. The van der Waals surface area contributed by atoms with Crippen molar-refractivity contribution < 1.29 is 14.0 Å². The molecule has 0 aliphatic carbocycles. The highest BCUT2D eigenvalue weighted by atomic mass is 32.1. The molecule has 0 radical (unpaired) electrons. The van der Waals surface area contributed by atoms with Crippen LogP contribution in [0.25, 0.3) is 5.70 Å². The van der Waals surface area contributed by atoms with Crippen LogP contribution in [0.2, 0.25) is 0 Å². The molecular formula is C21H23FN6O2S. The van der Waals surface area contributed by atoms with Crippen LogP contribution in [0.1, 0.15) is 29.0 Å². The number of benzene rings is 1. The second kappa shape index (κ2) is 9.52. The van der Waals surface area contributed by atoms with Crippen molar-refractivity contribution >= 4 is 39.9 Å². The fourth-order valence-electron chi connectivity index (χ4n) is 3.29. The molecule has 2 heterocycles. The zero-order valence-electron chi connectivity index (χ0n) is 17.0. The molecule has 162 valence electrons. The fraction of sp³-hybridized carbons (Fsp3) is 0.238. The Bertz CT molecular complexity index is 1080. The largest absolute Gasteiger partial charge is 0.383 e. The molecule has 1 aromatic carbocycles. The number of carbonyl (C=O) groups is 2. The van der Waals surface area contributed by atoms with Gasteiger partial charge in [-0.25, -0.2) is 19.2 Å². The van der Waals surface area contributed by atoms with Gasteiger partial charge in [0.05, 0.1) is 21.8 Å². The number of urea groups is 1. The number of aryl methyl sites for hydroxylation is 1. The number of nitrogens with zero attached hydrogens (tertiary/aromatic N) is 3. The van der Waals surface area contributed by atoms with Gasteiger partial charge in [0.1, 0.15) is 17.7 Å². The van der Waals surface area contributed by atoms with Crippen molar-refractivity contribution in [1.82, 2.24) is 9.88 Å². The van der Waals surface area contributed by atoms with E-state index in [0.29, 0.717) is 40.8 Å². The molecule has 1 aliphatic rings. The number of nitrogens with two attached hydrogens (primary N) is 2. The Morgan fingerprint density at radius 1 is 1.39 bits per heavy atom. The summed E-state index contributed by atoms with van der Waals surface area (Å²) in [6, 6.07) is 5.01. The Morgan fingerprint density at radius 3 is 2.81 bits per heavy atom. The summed E-state index contributed by atoms with van der Waals surface area (Å²) in [5.41, 5.74) is 12.6. The van der Waals surface area contributed by atoms with Gasteiger partial charge in [-0.15, -0.1) is 0 Å². The average molecular weight is 443 g/mol. The number of amides is 3. The first-order valence-corrected chi connectivity index (χ1v) is 10.4. The summed E-state index contributed by atoms with van der Waals surface area (Å²) in [6.45, 7) is 5.89. The smallest absolute Gasteiger partial charge is 0.324 e. The Balaban J connectivity index is 1.85. The van der Waals surface area contributed by atoms with Gasteiger partial charge in [-0.1, -0.05) is 36.1 Å². The van der Waals surface area contributed by atoms with E-state index in [9.17, 15) is 14.0 Å². The molecule has 31 heavy (non-hydrogen) atoms. The van der Waals surface area contributed by atoms with Gasteiger partial charge >= 0.3 is 6.03 Å². The highest BCUT2D eigenvalue weighted by Crippen LogP contribution is 2.31. The number of anilines is 1. The maximum absolute atomic E-state index is 14.0. The molecule has 8 nitrogen and oxygen atoms in total. The first-order chi connectivity index (χ1) is 14.8. The Morgan fingerprint density at radius 2 is 2.13 bits per heavy atom. The summed E-state index contributed by atoms with van der Waals surface area (Å²) >= 11 is 1.19. The number of allylic oxidation sites excluding steroid dienone is 2. The van der Waals surface area contributed by atoms with E-state index in [1.165, 1.54) is 34.4 Å². The van der Waals surface area contributed by atoms with E-state index in [1.54, 1.807) is 25.1 Å². The number of halogens is 1. The Labute approximate surface area is 183 Å². The molecule has 2 aromatic rings. The zero-order chi connectivity index (χ0) is 22.5. The minimum absolute atomic E-state index is 0.00551. The molecule has 0 bridgehead atoms. The summed E-state index contributed by atoms with van der Waals surface area (Å²) in [5.74, 6) is -1.01. The topological polar surface area (TPSA) is 127 Å². The molecule has 1 fully saturated rings. The Kier molecular flexibility index (Phi) is 6.81. The predicted octanol–water partition coefficient (Wildman–Crippen LogP) is 3.00. The van der Waals surface area contributed by atoms with E-state index in [-0.39, 0.29) is 11.4 Å². The van der Waals surface area contributed by atoms with Gasteiger partial charge < -0.3 is 16.4 Å². The number of hydrogen-bond acceptors (Lipinski definition) is 5. The van der Waals surface area contributed by atoms with E-state index in [4.69, 9.17) is 11.5 Å². The fourth-order valence-corrected chi connectivity index (χ4v) is 4.22. The average Bonchev–Trinajstić information content (AvgIpc) is 3.35. The molecule has 3 rings (SSSR count). The van der Waals surface area contributed by atoms with Crippen molar-refractivity contribution in [3.63, 3.8) is 0 Å². The first kappa shape index (κ1) is 22.2. The van der Waals surface area contributed by atoms with Crippen LogP contribution in [-0.2, 0) is 4.79 Å². The third kappa shape index (κ3) is 4.97. The number of amidine groups is 1. The van der Waals surface area contributed by atoms with Gasteiger partial charge in [0.15, 0.2) is 5.13 Å². The normalized spacial score (nSPS) is 17.0. The summed E-state index contributed by atoms with van der Waals surface area (Å²) in [6.07, 6.45) is 4.41. The van der Waals surface area contributed by atoms with Crippen molar-refractivity contribution in [3.05, 3.63) is 64.9 Å². The number of nitrogens with one attached hydrogen (secondary N) is 1. The quantitative estimate of drug-likeness (QED) is 0.361. The lowest BCUT2D eigenvalue weighted by molar-refractivity contribution is -0.121. The van der Waals surface area contributed by atoms with Gasteiger partial charge in [-0.2, -0.15) is 0 Å². The van der Waals surface area contributed by atoms with Crippen LogP contribution in [0.4, 0.5) is 14.3 Å². The number of aliphatic imine (C=N–C) groups is 1. The second-order valence-corrected chi connectivity index (χ2v) is 7.88. The molecular weight excluding hydrogens is 419 g/mol. The number of aromatic nitrogens is 1. The summed E-state index contributed by atoms with van der Waals surface area (Å²) in [5, 5.41) is 3.05. The van der Waals surface area contributed by atoms with E-state index in [1.807, 2.05) is 0 Å². The Hall–Kier alpha value is -3.53. The standard InChI is InChI=1S/C21H23FN6O2S/c1-3-7-15(26-18(23)13-8-4-5-9-14(13)22)17-12(2)25-20(31-17)27-21(30)28-11-6-10-16(28)19(24)29/h3-5,7-9,16H,1,6,10-11H2,2H3,(H2,23,26)(H2,24,29)(H,25,27,30)/b15-7-/t16-/m0/s1. The van der Waals surface area contributed by atoms with Crippen molar-refractivity contribution in [1.29, 1.82) is 0 Å². The number of hydrogen-bond donors (Lipinski definition) is 3. The van der Waals surface area contributed by atoms with Crippen LogP contribution in [0.5, 0.6) is 0 Å². The molecule has 1 aliphatic heterocycles. The molecule has 10 heteroatoms. The van der Waals surface area contributed by atoms with Crippen molar-refractivity contribution in [3.8, 4) is 0 Å². The van der Waals surface area contributed by atoms with Crippen molar-refractivity contribution in [2.45, 2.75) is 25.8 Å². The summed E-state index contributed by atoms with van der Waals surface area (Å²) < 4.78 is 14.0. The number of likely N-dealkylation sites (tertiary alicyclic amines) is 1. The van der Waals surface area contributed by atoms with Crippen molar-refractivity contribution in [2.75, 3.05) is 11.9 Å². The number of carbonyl (C=O) groups excluding carboxylic acids is 2. The molecule has 0 spiro atoms. The molecule has 0 saturated carbocycles. The number of thiazole rings is 1. The van der Waals surface area contributed by atoms with Crippen LogP contribution in [0, 0.1) is 12.7 Å². The highest BCUT2D eigenvalue weighted by molar-refractivity contribution is 7.17. The minimum Gasteiger partial charge on any atom is -0.383 e. The third-order valence-corrected chi connectivity index (χ3v) is 5.85. The number of primary amides is 1. The molecule has 3 amide bonds. The maximum Gasteiger partial charge on any atom is 0.324 e. The van der Waals surface area contributed by atoms with Gasteiger partial charge in [-0.3, -0.25) is 10.1 Å². The molecule has 1 saturated heterocycles. The highest BCUT2D eigenvalue weighted by Gasteiger charge is 2.33. The maximum atomic E-state index is 14.0.